The molecule has 1 rings (SSSR count). The molecule has 0 spiro atoms. The maximum absolute atomic E-state index is 14.0. The lowest BCUT2D eigenvalue weighted by atomic mass is 10.1. The van der Waals surface area contributed by atoms with Crippen LogP contribution in [0.3, 0.4) is 0 Å². The summed E-state index contributed by atoms with van der Waals surface area (Å²) < 4.78 is 76.1. The zero-order valence-corrected chi connectivity index (χ0v) is 15.8. The van der Waals surface area contributed by atoms with Crippen molar-refractivity contribution in [3.8, 4) is 5.75 Å². The number of benzene rings is 1. The van der Waals surface area contributed by atoms with Crippen LogP contribution in [-0.4, -0.2) is 37.5 Å². The van der Waals surface area contributed by atoms with Crippen molar-refractivity contribution in [3.05, 3.63) is 42.0 Å². The molecule has 0 bridgehead atoms. The molecular formula is C19H20F5NO4. The fourth-order valence-corrected chi connectivity index (χ4v) is 2.36. The number of halogens is 5. The predicted molar refractivity (Wildman–Crippen MR) is 94.7 cm³/mol. The molecule has 0 amide bonds. The van der Waals surface area contributed by atoms with Crippen LogP contribution in [0.1, 0.15) is 31.7 Å². The Labute approximate surface area is 164 Å². The number of carbonyl (C=O) groups is 2. The fraction of sp³-hybridized carbons (Fsp3) is 0.421. The van der Waals surface area contributed by atoms with Crippen molar-refractivity contribution in [2.24, 2.45) is 10.9 Å². The molecule has 0 aliphatic heterocycles. The van der Waals surface area contributed by atoms with E-state index >= 15 is 0 Å². The zero-order chi connectivity index (χ0) is 22.2. The lowest BCUT2D eigenvalue weighted by molar-refractivity contribution is -0.139. The lowest BCUT2D eigenvalue weighted by Crippen LogP contribution is -2.26. The second-order valence-electron chi connectivity index (χ2n) is 6.14. The number of esters is 2. The summed E-state index contributed by atoms with van der Waals surface area (Å²) in [5, 5.41) is 0. The highest BCUT2D eigenvalue weighted by Gasteiger charge is 2.39. The first kappa shape index (κ1) is 24.3. The van der Waals surface area contributed by atoms with Crippen LogP contribution in [0.5, 0.6) is 5.75 Å². The number of hydrogen-bond donors (Lipinski definition) is 0. The molecule has 10 heteroatoms. The van der Waals surface area contributed by atoms with Gasteiger partial charge in [-0.05, 0) is 18.8 Å². The number of aliphatic imine (C=N–C) groups is 1. The molecule has 1 unspecified atom stereocenters. The Morgan fingerprint density at radius 2 is 1.83 bits per heavy atom. The van der Waals surface area contributed by atoms with Gasteiger partial charge in [0.25, 0.3) is 0 Å². The maximum Gasteiger partial charge on any atom is 0.433 e. The molecule has 0 radical (unpaired) electrons. The van der Waals surface area contributed by atoms with Crippen molar-refractivity contribution >= 4 is 17.7 Å². The summed E-state index contributed by atoms with van der Waals surface area (Å²) in [6, 6.07) is 0.981. The largest absolute Gasteiger partial charge is 0.462 e. The zero-order valence-electron chi connectivity index (χ0n) is 15.8. The Balaban J connectivity index is 2.67. The minimum Gasteiger partial charge on any atom is -0.462 e. The highest BCUT2D eigenvalue weighted by molar-refractivity contribution is 6.05. The normalized spacial score (nSPS) is 13.0. The van der Waals surface area contributed by atoms with Crippen molar-refractivity contribution in [2.45, 2.75) is 32.4 Å². The molecule has 0 aliphatic rings. The molecule has 0 aromatic heterocycles. The van der Waals surface area contributed by atoms with Crippen LogP contribution in [0, 0.1) is 17.6 Å². The van der Waals surface area contributed by atoms with Gasteiger partial charge in [0.2, 0.25) is 0 Å². The molecule has 0 fully saturated rings. The van der Waals surface area contributed by atoms with E-state index in [9.17, 15) is 31.5 Å². The van der Waals surface area contributed by atoms with E-state index in [1.165, 1.54) is 0 Å². The molecule has 29 heavy (non-hydrogen) atoms. The molecule has 1 aromatic carbocycles. The third-order valence-corrected chi connectivity index (χ3v) is 3.73. The van der Waals surface area contributed by atoms with E-state index < -0.39 is 46.8 Å². The second-order valence-corrected chi connectivity index (χ2v) is 6.14. The standard InChI is InChI=1S/C19H20F5NO4/c1-4-15(26)28-10-11(2)6-5-7-16(27)29-12-8-13(20)17(14(21)9-12)18(25-3)19(22,23)24/h4,8-9,11H,1,5-7,10H2,2-3H3. The van der Waals surface area contributed by atoms with Crippen LogP contribution >= 0.6 is 0 Å². The Hall–Kier alpha value is -2.78. The van der Waals surface area contributed by atoms with Crippen molar-refractivity contribution in [1.29, 1.82) is 0 Å². The molecule has 1 atom stereocenters. The average Bonchev–Trinajstić information content (AvgIpc) is 2.61. The smallest absolute Gasteiger partial charge is 0.433 e. The van der Waals surface area contributed by atoms with Gasteiger partial charge in [-0.15, -0.1) is 0 Å². The van der Waals surface area contributed by atoms with Gasteiger partial charge in [-0.3, -0.25) is 9.79 Å². The summed E-state index contributed by atoms with van der Waals surface area (Å²) in [6.45, 7) is 5.18. The van der Waals surface area contributed by atoms with Gasteiger partial charge < -0.3 is 9.47 Å². The van der Waals surface area contributed by atoms with Crippen LogP contribution in [0.4, 0.5) is 22.0 Å². The van der Waals surface area contributed by atoms with Crippen LogP contribution < -0.4 is 4.74 Å². The second kappa shape index (κ2) is 10.7. The van der Waals surface area contributed by atoms with Crippen molar-refractivity contribution in [3.63, 3.8) is 0 Å². The first-order valence-corrected chi connectivity index (χ1v) is 8.52. The van der Waals surface area contributed by atoms with Crippen LogP contribution in [0.25, 0.3) is 0 Å². The van der Waals surface area contributed by atoms with E-state index in [0.717, 1.165) is 13.1 Å². The van der Waals surface area contributed by atoms with Gasteiger partial charge >= 0.3 is 18.1 Å². The van der Waals surface area contributed by atoms with Gasteiger partial charge in [-0.25, -0.2) is 13.6 Å². The molecule has 160 valence electrons. The van der Waals surface area contributed by atoms with Gasteiger partial charge in [0.15, 0.2) is 5.71 Å². The molecular weight excluding hydrogens is 401 g/mol. The quantitative estimate of drug-likeness (QED) is 0.195. The molecule has 0 saturated carbocycles. The molecule has 0 heterocycles. The minimum atomic E-state index is -5.05. The van der Waals surface area contributed by atoms with E-state index in [1.54, 1.807) is 6.92 Å². The Kier molecular flexibility index (Phi) is 8.93. The molecule has 0 saturated heterocycles. The number of carbonyl (C=O) groups excluding carboxylic acids is 2. The number of hydrogen-bond acceptors (Lipinski definition) is 5. The highest BCUT2D eigenvalue weighted by Crippen LogP contribution is 2.29. The number of ether oxygens (including phenoxy) is 2. The third kappa shape index (κ3) is 7.63. The molecule has 5 nitrogen and oxygen atoms in total. The van der Waals surface area contributed by atoms with Crippen molar-refractivity contribution < 1.29 is 41.0 Å². The van der Waals surface area contributed by atoms with Crippen LogP contribution in [-0.2, 0) is 14.3 Å². The van der Waals surface area contributed by atoms with Gasteiger partial charge in [0.05, 0.1) is 12.2 Å². The minimum absolute atomic E-state index is 0.0463. The topological polar surface area (TPSA) is 65.0 Å². The summed E-state index contributed by atoms with van der Waals surface area (Å²) in [7, 11) is 0.759. The van der Waals surface area contributed by atoms with Crippen molar-refractivity contribution in [1.82, 2.24) is 0 Å². The van der Waals surface area contributed by atoms with E-state index in [4.69, 9.17) is 9.47 Å². The van der Waals surface area contributed by atoms with E-state index in [-0.39, 0.29) is 18.9 Å². The summed E-state index contributed by atoms with van der Waals surface area (Å²) in [5.41, 5.74) is -3.06. The predicted octanol–water partition coefficient (Wildman–Crippen LogP) is 4.39. The summed E-state index contributed by atoms with van der Waals surface area (Å²) in [6.07, 6.45) is -3.28. The monoisotopic (exact) mass is 421 g/mol. The maximum atomic E-state index is 14.0. The van der Waals surface area contributed by atoms with Gasteiger partial charge in [-0.1, -0.05) is 13.5 Å². The van der Waals surface area contributed by atoms with Gasteiger partial charge in [0, 0.05) is 31.7 Å². The van der Waals surface area contributed by atoms with Crippen LogP contribution in [0.2, 0.25) is 0 Å². The SMILES string of the molecule is C=CC(=O)OCC(C)CCCC(=O)Oc1cc(F)c(C(=NC)C(F)(F)F)c(F)c1. The highest BCUT2D eigenvalue weighted by atomic mass is 19.4. The first-order chi connectivity index (χ1) is 13.5. The lowest BCUT2D eigenvalue weighted by Gasteiger charge is -2.13. The van der Waals surface area contributed by atoms with E-state index in [2.05, 4.69) is 11.6 Å². The van der Waals surface area contributed by atoms with Crippen molar-refractivity contribution in [2.75, 3.05) is 13.7 Å². The summed E-state index contributed by atoms with van der Waals surface area (Å²) >= 11 is 0. The number of rotatable bonds is 9. The van der Waals surface area contributed by atoms with Gasteiger partial charge in [0.1, 0.15) is 17.4 Å². The Morgan fingerprint density at radius 3 is 2.31 bits per heavy atom. The number of nitrogens with zero attached hydrogens (tertiary/aromatic N) is 1. The third-order valence-electron chi connectivity index (χ3n) is 3.73. The van der Waals surface area contributed by atoms with Crippen LogP contribution in [0.15, 0.2) is 29.8 Å². The van der Waals surface area contributed by atoms with E-state index in [0.29, 0.717) is 25.0 Å². The number of alkyl halides is 3. The Morgan fingerprint density at radius 1 is 1.24 bits per heavy atom. The summed E-state index contributed by atoms with van der Waals surface area (Å²) in [4.78, 5) is 25.6. The first-order valence-electron chi connectivity index (χ1n) is 8.52. The fourth-order valence-electron chi connectivity index (χ4n) is 2.36. The molecule has 1 aromatic rings. The Bertz CT molecular complexity index is 766. The summed E-state index contributed by atoms with van der Waals surface area (Å²) in [5.74, 6) is -5.08. The van der Waals surface area contributed by atoms with E-state index in [1.807, 2.05) is 0 Å². The van der Waals surface area contributed by atoms with Gasteiger partial charge in [-0.2, -0.15) is 13.2 Å². The molecule has 0 N–H and O–H groups in total. The molecule has 0 aliphatic carbocycles. The average molecular weight is 421 g/mol.